The Labute approximate surface area is 50.5 Å². The Hall–Kier alpha value is -0.550. The Morgan fingerprint density at radius 2 is 2.38 bits per heavy atom. The molecule has 0 radical (unpaired) electrons. The van der Waals surface area contributed by atoms with Gasteiger partial charge in [0.1, 0.15) is 0 Å². The monoisotopic (exact) mass is 112 g/mol. The maximum Gasteiger partial charge on any atom is 0.0669 e. The second kappa shape index (κ2) is 4.61. The van der Waals surface area contributed by atoms with Gasteiger partial charge in [0.25, 0.3) is 0 Å². The van der Waals surface area contributed by atoms with Crippen LogP contribution < -0.4 is 5.32 Å². The summed E-state index contributed by atoms with van der Waals surface area (Å²) < 4.78 is 0. The van der Waals surface area contributed by atoms with Gasteiger partial charge in [0.05, 0.1) is 12.0 Å². The zero-order chi connectivity index (χ0) is 6.41. The standard InChI is InChI=1S/C6H12N2/c1-3-6(4-7)5-8-2/h6,8H,3,5H2,1-2H3. The molecule has 0 aromatic rings. The van der Waals surface area contributed by atoms with E-state index in [4.69, 9.17) is 5.26 Å². The van der Waals surface area contributed by atoms with Gasteiger partial charge in [-0.3, -0.25) is 0 Å². The summed E-state index contributed by atoms with van der Waals surface area (Å²) in [5.74, 6) is 0.194. The molecule has 46 valence electrons. The highest BCUT2D eigenvalue weighted by Gasteiger charge is 1.99. The summed E-state index contributed by atoms with van der Waals surface area (Å²) in [5.41, 5.74) is 0. The number of hydrogen-bond acceptors (Lipinski definition) is 2. The van der Waals surface area contributed by atoms with Gasteiger partial charge in [0.2, 0.25) is 0 Å². The molecule has 0 saturated heterocycles. The van der Waals surface area contributed by atoms with Crippen LogP contribution >= 0.6 is 0 Å². The number of nitriles is 1. The van der Waals surface area contributed by atoms with Crippen LogP contribution in [0.2, 0.25) is 0 Å². The summed E-state index contributed by atoms with van der Waals surface area (Å²) in [7, 11) is 1.86. The first kappa shape index (κ1) is 7.45. The zero-order valence-corrected chi connectivity index (χ0v) is 5.44. The van der Waals surface area contributed by atoms with Crippen LogP contribution in [0.5, 0.6) is 0 Å². The van der Waals surface area contributed by atoms with Crippen molar-refractivity contribution in [3.8, 4) is 6.07 Å². The minimum absolute atomic E-state index is 0.194. The van der Waals surface area contributed by atoms with Gasteiger partial charge in [-0.2, -0.15) is 5.26 Å². The van der Waals surface area contributed by atoms with Crippen molar-refractivity contribution in [2.45, 2.75) is 13.3 Å². The van der Waals surface area contributed by atoms with Gasteiger partial charge in [0, 0.05) is 6.54 Å². The van der Waals surface area contributed by atoms with Gasteiger partial charge in [-0.1, -0.05) is 6.92 Å². The van der Waals surface area contributed by atoms with Gasteiger partial charge in [-0.25, -0.2) is 0 Å². The fourth-order valence-corrected chi connectivity index (χ4v) is 0.528. The van der Waals surface area contributed by atoms with Gasteiger partial charge in [-0.05, 0) is 13.5 Å². The van der Waals surface area contributed by atoms with Crippen LogP contribution in [0.25, 0.3) is 0 Å². The predicted octanol–water partition coefficient (Wildman–Crippen LogP) is 0.756. The van der Waals surface area contributed by atoms with Gasteiger partial charge in [0.15, 0.2) is 0 Å². The van der Waals surface area contributed by atoms with E-state index in [1.807, 2.05) is 14.0 Å². The second-order valence-corrected chi connectivity index (χ2v) is 1.79. The highest BCUT2D eigenvalue weighted by Crippen LogP contribution is 1.95. The summed E-state index contributed by atoms with van der Waals surface area (Å²) in [5, 5.41) is 11.3. The lowest BCUT2D eigenvalue weighted by molar-refractivity contribution is 0.592. The maximum absolute atomic E-state index is 8.37. The van der Waals surface area contributed by atoms with E-state index in [2.05, 4.69) is 11.4 Å². The maximum atomic E-state index is 8.37. The van der Waals surface area contributed by atoms with Crippen molar-refractivity contribution < 1.29 is 0 Å². The topological polar surface area (TPSA) is 35.8 Å². The first-order valence-electron chi connectivity index (χ1n) is 2.89. The van der Waals surface area contributed by atoms with Crippen molar-refractivity contribution in [3.63, 3.8) is 0 Å². The lowest BCUT2D eigenvalue weighted by atomic mass is 10.1. The van der Waals surface area contributed by atoms with Crippen LogP contribution in [0.15, 0.2) is 0 Å². The molecule has 2 nitrogen and oxygen atoms in total. The van der Waals surface area contributed by atoms with Crippen LogP contribution in [0.1, 0.15) is 13.3 Å². The van der Waals surface area contributed by atoms with Crippen LogP contribution in [0, 0.1) is 17.2 Å². The van der Waals surface area contributed by atoms with Crippen molar-refractivity contribution in [2.24, 2.45) is 5.92 Å². The molecule has 0 heterocycles. The van der Waals surface area contributed by atoms with Crippen molar-refractivity contribution in [2.75, 3.05) is 13.6 Å². The Balaban J connectivity index is 3.26. The molecule has 0 amide bonds. The molecule has 0 rings (SSSR count). The van der Waals surface area contributed by atoms with E-state index in [0.29, 0.717) is 0 Å². The average Bonchev–Trinajstić information content (AvgIpc) is 1.83. The fourth-order valence-electron chi connectivity index (χ4n) is 0.528. The van der Waals surface area contributed by atoms with Gasteiger partial charge >= 0.3 is 0 Å². The summed E-state index contributed by atoms with van der Waals surface area (Å²) in [6, 6.07) is 2.19. The van der Waals surface area contributed by atoms with E-state index in [0.717, 1.165) is 13.0 Å². The van der Waals surface area contributed by atoms with E-state index in [1.54, 1.807) is 0 Å². The summed E-state index contributed by atoms with van der Waals surface area (Å²) in [6.45, 7) is 2.83. The average molecular weight is 112 g/mol. The molecule has 0 aromatic carbocycles. The van der Waals surface area contributed by atoms with E-state index in [1.165, 1.54) is 0 Å². The predicted molar refractivity (Wildman–Crippen MR) is 33.3 cm³/mol. The number of nitrogens with zero attached hydrogens (tertiary/aromatic N) is 1. The molecule has 0 aliphatic rings. The smallest absolute Gasteiger partial charge is 0.0669 e. The molecule has 8 heavy (non-hydrogen) atoms. The highest BCUT2D eigenvalue weighted by molar-refractivity contribution is 4.82. The van der Waals surface area contributed by atoms with Crippen LogP contribution in [-0.4, -0.2) is 13.6 Å². The van der Waals surface area contributed by atoms with Crippen LogP contribution in [0.3, 0.4) is 0 Å². The Morgan fingerprint density at radius 1 is 1.75 bits per heavy atom. The minimum Gasteiger partial charge on any atom is -0.318 e. The third-order valence-corrected chi connectivity index (χ3v) is 1.13. The minimum atomic E-state index is 0.194. The van der Waals surface area contributed by atoms with Crippen molar-refractivity contribution in [3.05, 3.63) is 0 Å². The summed E-state index contributed by atoms with van der Waals surface area (Å²) in [6.07, 6.45) is 0.942. The Kier molecular flexibility index (Phi) is 4.29. The molecule has 0 fully saturated rings. The molecule has 1 N–H and O–H groups in total. The molecule has 0 saturated carbocycles. The molecule has 1 atom stereocenters. The molecule has 1 unspecified atom stereocenters. The van der Waals surface area contributed by atoms with Gasteiger partial charge in [-0.15, -0.1) is 0 Å². The molecule has 0 aromatic heterocycles. The number of hydrogen-bond donors (Lipinski definition) is 1. The molecular weight excluding hydrogens is 100 g/mol. The number of rotatable bonds is 3. The molecule has 0 spiro atoms. The molecular formula is C6H12N2. The number of nitrogens with one attached hydrogen (secondary N) is 1. The normalized spacial score (nSPS) is 12.6. The Bertz CT molecular complexity index is 83.0. The molecule has 2 heteroatoms. The molecule has 0 bridgehead atoms. The van der Waals surface area contributed by atoms with E-state index in [9.17, 15) is 0 Å². The first-order chi connectivity index (χ1) is 3.85. The van der Waals surface area contributed by atoms with E-state index in [-0.39, 0.29) is 5.92 Å². The van der Waals surface area contributed by atoms with Crippen molar-refractivity contribution in [1.29, 1.82) is 5.26 Å². The summed E-state index contributed by atoms with van der Waals surface area (Å²) >= 11 is 0. The fraction of sp³-hybridized carbons (Fsp3) is 0.833. The van der Waals surface area contributed by atoms with Crippen LogP contribution in [-0.2, 0) is 0 Å². The lowest BCUT2D eigenvalue weighted by Crippen LogP contribution is -2.16. The van der Waals surface area contributed by atoms with Gasteiger partial charge < -0.3 is 5.32 Å². The second-order valence-electron chi connectivity index (χ2n) is 1.79. The lowest BCUT2D eigenvalue weighted by Gasteiger charge is -2.01. The quantitative estimate of drug-likeness (QED) is 0.585. The van der Waals surface area contributed by atoms with Crippen LogP contribution in [0.4, 0.5) is 0 Å². The van der Waals surface area contributed by atoms with E-state index < -0.39 is 0 Å². The third kappa shape index (κ3) is 2.59. The molecule has 0 aliphatic carbocycles. The largest absolute Gasteiger partial charge is 0.318 e. The molecule has 0 aliphatic heterocycles. The van der Waals surface area contributed by atoms with Crippen molar-refractivity contribution >= 4 is 0 Å². The van der Waals surface area contributed by atoms with Crippen molar-refractivity contribution in [1.82, 2.24) is 5.32 Å². The third-order valence-electron chi connectivity index (χ3n) is 1.13. The van der Waals surface area contributed by atoms with E-state index >= 15 is 0 Å². The first-order valence-corrected chi connectivity index (χ1v) is 2.89. The summed E-state index contributed by atoms with van der Waals surface area (Å²) in [4.78, 5) is 0. The Morgan fingerprint density at radius 3 is 2.50 bits per heavy atom. The zero-order valence-electron chi connectivity index (χ0n) is 5.44. The highest BCUT2D eigenvalue weighted by atomic mass is 14.8. The SMILES string of the molecule is CCC(C#N)CNC.